The second-order valence-electron chi connectivity index (χ2n) is 13.0. The minimum absolute atomic E-state index is 0.128. The highest BCUT2D eigenvalue weighted by molar-refractivity contribution is 9.10. The first-order valence-electron chi connectivity index (χ1n) is 16.0. The average molecular weight is 748 g/mol. The van der Waals surface area contributed by atoms with Crippen LogP contribution in [0.15, 0.2) is 59.5 Å². The summed E-state index contributed by atoms with van der Waals surface area (Å²) in [7, 11) is -2.12. The molecule has 254 valence electrons. The zero-order valence-corrected chi connectivity index (χ0v) is 29.7. The molecule has 7 rings (SSSR count). The summed E-state index contributed by atoms with van der Waals surface area (Å²) in [4.78, 5) is 55.6. The number of carbonyl (C=O) groups excluding carboxylic acids is 3. The summed E-state index contributed by atoms with van der Waals surface area (Å²) >= 11 is 3.34. The van der Waals surface area contributed by atoms with Crippen LogP contribution in [0.25, 0.3) is 22.0 Å². The van der Waals surface area contributed by atoms with Crippen LogP contribution in [0.4, 0.5) is 5.82 Å². The van der Waals surface area contributed by atoms with Crippen LogP contribution in [0, 0.1) is 12.3 Å². The predicted octanol–water partition coefficient (Wildman–Crippen LogP) is 4.27. The molecule has 49 heavy (non-hydrogen) atoms. The molecule has 5 heterocycles. The summed E-state index contributed by atoms with van der Waals surface area (Å²) in [6, 6.07) is 7.81. The molecule has 0 radical (unpaired) electrons. The molecule has 15 heteroatoms. The number of allylic oxidation sites excluding steroid dienone is 1. The van der Waals surface area contributed by atoms with Gasteiger partial charge in [-0.25, -0.2) is 27.7 Å². The fourth-order valence-electron chi connectivity index (χ4n) is 6.96. The van der Waals surface area contributed by atoms with E-state index in [9.17, 15) is 22.8 Å². The van der Waals surface area contributed by atoms with Crippen molar-refractivity contribution in [3.05, 3.63) is 76.6 Å². The number of halogens is 1. The molecule has 13 nitrogen and oxygen atoms in total. The van der Waals surface area contributed by atoms with E-state index in [0.29, 0.717) is 59.1 Å². The van der Waals surface area contributed by atoms with Gasteiger partial charge in [0.25, 0.3) is 0 Å². The number of aromatic nitrogens is 5. The van der Waals surface area contributed by atoms with Crippen molar-refractivity contribution in [2.45, 2.75) is 63.9 Å². The SMILES string of the molecule is CC(=O)c1nn(CC(=O)N2[C@H]3C[C@@]4(/C=C\CCCN(C)S(=O)(=O)Cc5ccc(Br)nc5NC3=O)C[C@@H]24)c2ccc(-c3cnc(C)nc3)cc12. The van der Waals surface area contributed by atoms with E-state index < -0.39 is 22.0 Å². The van der Waals surface area contributed by atoms with Crippen LogP contribution in [0.2, 0.25) is 0 Å². The van der Waals surface area contributed by atoms with Gasteiger partial charge < -0.3 is 10.2 Å². The van der Waals surface area contributed by atoms with Gasteiger partial charge in [-0.05, 0) is 72.3 Å². The lowest BCUT2D eigenvalue weighted by Gasteiger charge is -2.27. The average Bonchev–Trinajstić information content (AvgIpc) is 3.47. The molecule has 2 amide bonds. The maximum absolute atomic E-state index is 14.2. The first kappa shape index (κ1) is 33.2. The molecule has 2 bridgehead atoms. The Bertz CT molecular complexity index is 2150. The Morgan fingerprint density at radius 2 is 1.88 bits per heavy atom. The molecule has 1 saturated heterocycles. The third kappa shape index (κ3) is 6.30. The number of benzene rings is 1. The highest BCUT2D eigenvalue weighted by Gasteiger charge is 2.65. The number of rotatable bonds is 4. The van der Waals surface area contributed by atoms with E-state index in [1.165, 1.54) is 15.9 Å². The van der Waals surface area contributed by atoms with Gasteiger partial charge >= 0.3 is 0 Å². The van der Waals surface area contributed by atoms with Gasteiger partial charge in [0.1, 0.15) is 34.5 Å². The molecule has 4 aromatic rings. The number of nitrogens with one attached hydrogen (secondary N) is 1. The lowest BCUT2D eigenvalue weighted by atomic mass is 9.98. The van der Waals surface area contributed by atoms with Gasteiger partial charge in [-0.3, -0.25) is 19.1 Å². The lowest BCUT2D eigenvalue weighted by Crippen LogP contribution is -2.47. The molecule has 1 saturated carbocycles. The number of ketones is 1. The lowest BCUT2D eigenvalue weighted by molar-refractivity contribution is -0.138. The molecule has 3 aromatic heterocycles. The van der Waals surface area contributed by atoms with E-state index in [4.69, 9.17) is 0 Å². The number of nitrogens with zero attached hydrogens (tertiary/aromatic N) is 7. The third-order valence-corrected chi connectivity index (χ3v) is 11.9. The minimum atomic E-state index is -3.68. The Morgan fingerprint density at radius 3 is 2.63 bits per heavy atom. The van der Waals surface area contributed by atoms with Crippen LogP contribution in [-0.2, 0) is 31.9 Å². The number of piperidine rings is 1. The number of anilines is 1. The Morgan fingerprint density at radius 1 is 1.10 bits per heavy atom. The first-order valence-corrected chi connectivity index (χ1v) is 18.5. The van der Waals surface area contributed by atoms with Gasteiger partial charge in [-0.1, -0.05) is 24.3 Å². The second-order valence-corrected chi connectivity index (χ2v) is 15.9. The summed E-state index contributed by atoms with van der Waals surface area (Å²) in [6.07, 6.45) is 10.00. The molecule has 0 unspecified atom stereocenters. The summed E-state index contributed by atoms with van der Waals surface area (Å²) in [5.41, 5.74) is 2.45. The fourth-order valence-corrected chi connectivity index (χ4v) is 8.52. The maximum atomic E-state index is 14.2. The number of Topliss-reactive ketones (excluding diaryl/α,β-unsaturated/α-hetero) is 1. The zero-order chi connectivity index (χ0) is 34.7. The van der Waals surface area contributed by atoms with Crippen molar-refractivity contribution in [1.29, 1.82) is 0 Å². The second kappa shape index (κ2) is 12.5. The van der Waals surface area contributed by atoms with Crippen molar-refractivity contribution in [3.63, 3.8) is 0 Å². The monoisotopic (exact) mass is 746 g/mol. The molecule has 1 aromatic carbocycles. The number of likely N-dealkylation sites (tertiary alicyclic amines) is 1. The maximum Gasteiger partial charge on any atom is 0.248 e. The number of sulfonamides is 1. The molecule has 3 atom stereocenters. The van der Waals surface area contributed by atoms with Gasteiger partial charge in [0.2, 0.25) is 21.8 Å². The van der Waals surface area contributed by atoms with Crippen LogP contribution in [0.3, 0.4) is 0 Å². The molecular formula is C34H35BrN8O5S. The van der Waals surface area contributed by atoms with Crippen LogP contribution in [0.5, 0.6) is 0 Å². The topological polar surface area (TPSA) is 160 Å². The summed E-state index contributed by atoms with van der Waals surface area (Å²) in [5.74, 6) is -0.548. The molecule has 2 aliphatic heterocycles. The number of fused-ring (bicyclic) bond motifs is 3. The van der Waals surface area contributed by atoms with E-state index in [0.717, 1.165) is 11.1 Å². The Balaban J connectivity index is 1.22. The van der Waals surface area contributed by atoms with Crippen LogP contribution in [-0.4, -0.2) is 85.6 Å². The largest absolute Gasteiger partial charge is 0.325 e. The quantitative estimate of drug-likeness (QED) is 0.183. The number of amides is 2. The van der Waals surface area contributed by atoms with E-state index in [2.05, 4.69) is 47.4 Å². The van der Waals surface area contributed by atoms with Crippen molar-refractivity contribution >= 4 is 60.3 Å². The highest BCUT2D eigenvalue weighted by atomic mass is 79.9. The molecule has 1 aliphatic carbocycles. The number of hydrogen-bond acceptors (Lipinski definition) is 9. The van der Waals surface area contributed by atoms with Gasteiger partial charge in [0.15, 0.2) is 5.78 Å². The molecular weight excluding hydrogens is 712 g/mol. The number of carbonyl (C=O) groups is 3. The van der Waals surface area contributed by atoms with Gasteiger partial charge in [-0.2, -0.15) is 5.10 Å². The standard InChI is InChI=1S/C34H35BrN8O5S/c1-20(44)31-25-13-22(24-16-36-21(2)37-17-24)7-9-26(25)42(40-31)18-30(45)43-27-14-34(15-28(34)43)11-5-4-6-12-41(3)49(47,48)19-23-8-10-29(35)38-32(23)39-33(27)46/h5,7-11,13,16-17,27-28H,4,6,12,14-15,18-19H2,1-3H3,(H,38,39,46)/b11-5-/t27-,28+,34-/m0/s1. The molecule has 1 spiro atoms. The van der Waals surface area contributed by atoms with E-state index in [1.807, 2.05) is 24.3 Å². The van der Waals surface area contributed by atoms with Crippen LogP contribution in [0.1, 0.15) is 54.5 Å². The third-order valence-electron chi connectivity index (χ3n) is 9.69. The normalized spacial score (nSPS) is 24.3. The molecule has 1 N–H and O–H groups in total. The summed E-state index contributed by atoms with van der Waals surface area (Å²) in [5, 5.41) is 8.03. The van der Waals surface area contributed by atoms with E-state index >= 15 is 0 Å². The minimum Gasteiger partial charge on any atom is -0.325 e. The summed E-state index contributed by atoms with van der Waals surface area (Å²) in [6.45, 7) is 3.41. The van der Waals surface area contributed by atoms with Gasteiger partial charge in [-0.15, -0.1) is 0 Å². The molecule has 3 aliphatic rings. The number of pyridine rings is 1. The van der Waals surface area contributed by atoms with Crippen molar-refractivity contribution in [1.82, 2.24) is 33.9 Å². The zero-order valence-electron chi connectivity index (χ0n) is 27.3. The van der Waals surface area contributed by atoms with E-state index in [1.54, 1.807) is 43.4 Å². The van der Waals surface area contributed by atoms with Gasteiger partial charge in [0.05, 0.1) is 11.3 Å². The summed E-state index contributed by atoms with van der Waals surface area (Å²) < 4.78 is 29.7. The van der Waals surface area contributed by atoms with Gasteiger partial charge in [0, 0.05) is 60.9 Å². The highest BCUT2D eigenvalue weighted by Crippen LogP contribution is 2.61. The Hall–Kier alpha value is -4.34. The van der Waals surface area contributed by atoms with Crippen molar-refractivity contribution < 1.29 is 22.8 Å². The van der Waals surface area contributed by atoms with Crippen LogP contribution >= 0.6 is 15.9 Å². The van der Waals surface area contributed by atoms with Crippen molar-refractivity contribution in [2.24, 2.45) is 5.41 Å². The Labute approximate surface area is 292 Å². The Kier molecular flexibility index (Phi) is 8.48. The van der Waals surface area contributed by atoms with Crippen molar-refractivity contribution in [3.8, 4) is 11.1 Å². The predicted molar refractivity (Wildman–Crippen MR) is 186 cm³/mol. The fraction of sp³-hybridized carbons (Fsp3) is 0.382. The number of aryl methyl sites for hydroxylation is 1. The first-order chi connectivity index (χ1) is 23.3. The number of hydrogen-bond donors (Lipinski definition) is 1. The molecule has 2 fully saturated rings. The smallest absolute Gasteiger partial charge is 0.248 e. The van der Waals surface area contributed by atoms with Crippen molar-refractivity contribution in [2.75, 3.05) is 18.9 Å². The van der Waals surface area contributed by atoms with E-state index in [-0.39, 0.29) is 47.0 Å². The van der Waals surface area contributed by atoms with Crippen LogP contribution < -0.4 is 5.32 Å².